The SMILES string of the molecule is CSCC[C@@H](N)C(=O)NC1CCN(C)C(C)C1. The fourth-order valence-electron chi connectivity index (χ4n) is 2.10. The summed E-state index contributed by atoms with van der Waals surface area (Å²) in [6.45, 7) is 3.25. The van der Waals surface area contributed by atoms with E-state index in [1.807, 2.05) is 6.26 Å². The summed E-state index contributed by atoms with van der Waals surface area (Å²) in [5.41, 5.74) is 5.85. The minimum absolute atomic E-state index is 0.0146. The molecule has 0 bridgehead atoms. The normalized spacial score (nSPS) is 27.8. The van der Waals surface area contributed by atoms with Crippen LogP contribution in [0.3, 0.4) is 0 Å². The lowest BCUT2D eigenvalue weighted by molar-refractivity contribution is -0.123. The van der Waals surface area contributed by atoms with Crippen molar-refractivity contribution >= 4 is 17.7 Å². The van der Waals surface area contributed by atoms with Gasteiger partial charge in [-0.15, -0.1) is 0 Å². The molecular formula is C12H25N3OS. The van der Waals surface area contributed by atoms with Crippen LogP contribution in [0.4, 0.5) is 0 Å². The van der Waals surface area contributed by atoms with Crippen LogP contribution in [0.1, 0.15) is 26.2 Å². The number of rotatable bonds is 5. The Hall–Kier alpha value is -0.260. The summed E-state index contributed by atoms with van der Waals surface area (Å²) in [5, 5.41) is 3.08. The molecule has 1 fully saturated rings. The first-order valence-electron chi connectivity index (χ1n) is 6.29. The van der Waals surface area contributed by atoms with Crippen LogP contribution in [-0.4, -0.2) is 54.5 Å². The Kier molecular flexibility index (Phi) is 6.30. The van der Waals surface area contributed by atoms with Gasteiger partial charge in [-0.3, -0.25) is 4.79 Å². The number of hydrogen-bond donors (Lipinski definition) is 2. The standard InChI is InChI=1S/C12H25N3OS/c1-9-8-10(4-6-15(9)2)14-12(16)11(13)5-7-17-3/h9-11H,4-8,13H2,1-3H3,(H,14,16)/t9?,10?,11-/m1/s1. The van der Waals surface area contributed by atoms with Crippen molar-refractivity contribution in [1.82, 2.24) is 10.2 Å². The molecule has 1 aliphatic heterocycles. The number of carbonyl (C=O) groups is 1. The molecule has 3 atom stereocenters. The van der Waals surface area contributed by atoms with Gasteiger partial charge < -0.3 is 16.0 Å². The van der Waals surface area contributed by atoms with Crippen LogP contribution in [0.25, 0.3) is 0 Å². The molecule has 3 N–H and O–H groups in total. The zero-order chi connectivity index (χ0) is 12.8. The Morgan fingerprint density at radius 1 is 1.65 bits per heavy atom. The van der Waals surface area contributed by atoms with Gasteiger partial charge in [-0.25, -0.2) is 0 Å². The minimum atomic E-state index is -0.350. The van der Waals surface area contributed by atoms with Crippen molar-refractivity contribution in [2.75, 3.05) is 25.6 Å². The van der Waals surface area contributed by atoms with Gasteiger partial charge in [-0.05, 0) is 45.2 Å². The minimum Gasteiger partial charge on any atom is -0.352 e. The van der Waals surface area contributed by atoms with Crippen LogP contribution < -0.4 is 11.1 Å². The molecule has 1 rings (SSSR count). The smallest absolute Gasteiger partial charge is 0.237 e. The lowest BCUT2D eigenvalue weighted by Crippen LogP contribution is -2.51. The maximum absolute atomic E-state index is 11.8. The van der Waals surface area contributed by atoms with Gasteiger partial charge in [0.2, 0.25) is 5.91 Å². The maximum Gasteiger partial charge on any atom is 0.237 e. The molecule has 0 aliphatic carbocycles. The highest BCUT2D eigenvalue weighted by Crippen LogP contribution is 2.15. The number of likely N-dealkylation sites (tertiary alicyclic amines) is 1. The van der Waals surface area contributed by atoms with Gasteiger partial charge in [-0.1, -0.05) is 0 Å². The topological polar surface area (TPSA) is 58.4 Å². The molecule has 2 unspecified atom stereocenters. The van der Waals surface area contributed by atoms with Crippen molar-refractivity contribution in [3.8, 4) is 0 Å². The van der Waals surface area contributed by atoms with Gasteiger partial charge in [-0.2, -0.15) is 11.8 Å². The van der Waals surface area contributed by atoms with Crippen LogP contribution in [0.15, 0.2) is 0 Å². The second-order valence-corrected chi connectivity index (χ2v) is 5.93. The Morgan fingerprint density at radius 3 is 2.94 bits per heavy atom. The van der Waals surface area contributed by atoms with E-state index in [2.05, 4.69) is 24.2 Å². The fraction of sp³-hybridized carbons (Fsp3) is 0.917. The maximum atomic E-state index is 11.8. The average molecular weight is 259 g/mol. The zero-order valence-corrected chi connectivity index (χ0v) is 11.9. The van der Waals surface area contributed by atoms with Gasteiger partial charge in [0.25, 0.3) is 0 Å². The Bertz CT molecular complexity index is 250. The predicted octanol–water partition coefficient (Wildman–Crippen LogP) is 0.666. The van der Waals surface area contributed by atoms with E-state index in [1.54, 1.807) is 11.8 Å². The number of thioether (sulfide) groups is 1. The fourth-order valence-corrected chi connectivity index (χ4v) is 2.59. The van der Waals surface area contributed by atoms with Crippen LogP contribution in [0, 0.1) is 0 Å². The third kappa shape index (κ3) is 4.85. The number of nitrogens with two attached hydrogens (primary N) is 1. The van der Waals surface area contributed by atoms with Crippen molar-refractivity contribution in [3.05, 3.63) is 0 Å². The first kappa shape index (κ1) is 14.8. The monoisotopic (exact) mass is 259 g/mol. The number of nitrogens with zero attached hydrogens (tertiary/aromatic N) is 1. The first-order valence-corrected chi connectivity index (χ1v) is 7.69. The highest BCUT2D eigenvalue weighted by molar-refractivity contribution is 7.98. The van der Waals surface area contributed by atoms with Crippen molar-refractivity contribution in [3.63, 3.8) is 0 Å². The van der Waals surface area contributed by atoms with E-state index >= 15 is 0 Å². The van der Waals surface area contributed by atoms with Crippen molar-refractivity contribution < 1.29 is 4.79 Å². The van der Waals surface area contributed by atoms with Crippen LogP contribution in [-0.2, 0) is 4.79 Å². The third-order valence-corrected chi connectivity index (χ3v) is 4.17. The molecule has 100 valence electrons. The highest BCUT2D eigenvalue weighted by atomic mass is 32.2. The number of amides is 1. The third-order valence-electron chi connectivity index (χ3n) is 3.52. The molecule has 0 saturated carbocycles. The summed E-state index contributed by atoms with van der Waals surface area (Å²) in [6.07, 6.45) is 4.85. The lowest BCUT2D eigenvalue weighted by atomic mass is 9.98. The number of nitrogens with one attached hydrogen (secondary N) is 1. The summed E-state index contributed by atoms with van der Waals surface area (Å²) in [6, 6.07) is 0.489. The summed E-state index contributed by atoms with van der Waals surface area (Å²) in [7, 11) is 2.13. The van der Waals surface area contributed by atoms with E-state index in [0.717, 1.165) is 31.6 Å². The molecule has 1 heterocycles. The molecule has 0 spiro atoms. The highest BCUT2D eigenvalue weighted by Gasteiger charge is 2.25. The number of carbonyl (C=O) groups excluding carboxylic acids is 1. The van der Waals surface area contributed by atoms with Crippen molar-refractivity contribution in [1.29, 1.82) is 0 Å². The van der Waals surface area contributed by atoms with E-state index in [0.29, 0.717) is 12.1 Å². The predicted molar refractivity (Wildman–Crippen MR) is 74.2 cm³/mol. The van der Waals surface area contributed by atoms with Gasteiger partial charge in [0, 0.05) is 18.6 Å². The molecule has 0 aromatic heterocycles. The molecule has 5 heteroatoms. The van der Waals surface area contributed by atoms with E-state index in [1.165, 1.54) is 0 Å². The second kappa shape index (κ2) is 7.24. The second-order valence-electron chi connectivity index (χ2n) is 4.95. The van der Waals surface area contributed by atoms with Gasteiger partial charge >= 0.3 is 0 Å². The van der Waals surface area contributed by atoms with Crippen molar-refractivity contribution in [2.45, 2.75) is 44.3 Å². The molecule has 1 aliphatic rings. The number of piperidine rings is 1. The van der Waals surface area contributed by atoms with Crippen LogP contribution in [0.2, 0.25) is 0 Å². The largest absolute Gasteiger partial charge is 0.352 e. The van der Waals surface area contributed by atoms with Gasteiger partial charge in [0.1, 0.15) is 0 Å². The van der Waals surface area contributed by atoms with E-state index in [-0.39, 0.29) is 11.9 Å². The quantitative estimate of drug-likeness (QED) is 0.762. The van der Waals surface area contributed by atoms with Crippen molar-refractivity contribution in [2.24, 2.45) is 5.73 Å². The summed E-state index contributed by atoms with van der Waals surface area (Å²) in [4.78, 5) is 14.2. The molecular weight excluding hydrogens is 234 g/mol. The molecule has 1 saturated heterocycles. The van der Waals surface area contributed by atoms with Gasteiger partial charge in [0.15, 0.2) is 0 Å². The molecule has 0 aromatic rings. The molecule has 0 radical (unpaired) electrons. The zero-order valence-electron chi connectivity index (χ0n) is 11.1. The molecule has 0 aromatic carbocycles. The number of hydrogen-bond acceptors (Lipinski definition) is 4. The van der Waals surface area contributed by atoms with E-state index in [9.17, 15) is 4.79 Å². The Morgan fingerprint density at radius 2 is 2.35 bits per heavy atom. The van der Waals surface area contributed by atoms with E-state index in [4.69, 9.17) is 5.73 Å². The molecule has 1 amide bonds. The Labute approximate surface area is 109 Å². The summed E-state index contributed by atoms with van der Waals surface area (Å²) >= 11 is 1.73. The van der Waals surface area contributed by atoms with Crippen LogP contribution >= 0.6 is 11.8 Å². The molecule has 17 heavy (non-hydrogen) atoms. The van der Waals surface area contributed by atoms with E-state index < -0.39 is 0 Å². The van der Waals surface area contributed by atoms with Crippen LogP contribution in [0.5, 0.6) is 0 Å². The lowest BCUT2D eigenvalue weighted by Gasteiger charge is -2.35. The molecule has 4 nitrogen and oxygen atoms in total. The first-order chi connectivity index (χ1) is 8.04. The van der Waals surface area contributed by atoms with Gasteiger partial charge in [0.05, 0.1) is 6.04 Å². The summed E-state index contributed by atoms with van der Waals surface area (Å²) < 4.78 is 0. The summed E-state index contributed by atoms with van der Waals surface area (Å²) in [5.74, 6) is 0.957. The Balaban J connectivity index is 2.31. The average Bonchev–Trinajstić information content (AvgIpc) is 2.30.